The first-order valence-corrected chi connectivity index (χ1v) is 6.63. The Kier molecular flexibility index (Phi) is 4.20. The lowest BCUT2D eigenvalue weighted by Gasteiger charge is -2.17. The molecule has 2 rings (SSSR count). The van der Waals surface area contributed by atoms with Crippen LogP contribution in [0.15, 0.2) is 24.4 Å². The van der Waals surface area contributed by atoms with E-state index in [9.17, 15) is 4.79 Å². The molecule has 20 heavy (non-hydrogen) atoms. The molecule has 0 aliphatic rings. The van der Waals surface area contributed by atoms with Gasteiger partial charge in [0, 0.05) is 26.8 Å². The van der Waals surface area contributed by atoms with Crippen molar-refractivity contribution in [3.63, 3.8) is 0 Å². The number of nitrogens with zero attached hydrogens (tertiary/aromatic N) is 3. The summed E-state index contributed by atoms with van der Waals surface area (Å²) in [5, 5.41) is 4.96. The Bertz CT molecular complexity index is 654. The third kappa shape index (κ3) is 2.89. The van der Waals surface area contributed by atoms with E-state index >= 15 is 0 Å². The first kappa shape index (κ1) is 14.7. The van der Waals surface area contributed by atoms with Crippen LogP contribution in [0, 0.1) is 0 Å². The number of carbonyl (C=O) groups is 1. The van der Waals surface area contributed by atoms with Crippen LogP contribution in [-0.4, -0.2) is 27.6 Å². The monoisotopic (exact) mass is 312 g/mol. The van der Waals surface area contributed by atoms with Gasteiger partial charge in [-0.2, -0.15) is 5.10 Å². The van der Waals surface area contributed by atoms with E-state index < -0.39 is 0 Å². The third-order valence-electron chi connectivity index (χ3n) is 2.85. The molecule has 0 aliphatic carbocycles. The average Bonchev–Trinajstić information content (AvgIpc) is 2.73. The standard InChI is InChI=1S/C13H14Cl2N4O/c1-18(6-8-4-3-5-9(14)11(8)15)13(20)12-10(16)7-19(2)17-12/h3-5,7H,6,16H2,1-2H3. The minimum absolute atomic E-state index is 0.230. The van der Waals surface area contributed by atoms with E-state index in [1.807, 2.05) is 6.07 Å². The van der Waals surface area contributed by atoms with E-state index in [1.54, 1.807) is 32.4 Å². The molecule has 0 radical (unpaired) electrons. The van der Waals surface area contributed by atoms with Gasteiger partial charge in [-0.3, -0.25) is 9.48 Å². The highest BCUT2D eigenvalue weighted by molar-refractivity contribution is 6.42. The number of hydrogen-bond acceptors (Lipinski definition) is 3. The van der Waals surface area contributed by atoms with Crippen LogP contribution in [0.3, 0.4) is 0 Å². The highest BCUT2D eigenvalue weighted by Crippen LogP contribution is 2.26. The van der Waals surface area contributed by atoms with Crippen LogP contribution >= 0.6 is 23.2 Å². The number of nitrogen functional groups attached to an aromatic ring is 1. The van der Waals surface area contributed by atoms with E-state index in [0.29, 0.717) is 22.3 Å². The normalized spacial score (nSPS) is 10.6. The van der Waals surface area contributed by atoms with Gasteiger partial charge in [-0.25, -0.2) is 0 Å². The smallest absolute Gasteiger partial charge is 0.276 e. The number of aryl methyl sites for hydroxylation is 1. The molecule has 0 saturated carbocycles. The topological polar surface area (TPSA) is 64.2 Å². The molecule has 5 nitrogen and oxygen atoms in total. The molecule has 7 heteroatoms. The van der Waals surface area contributed by atoms with Crippen molar-refractivity contribution < 1.29 is 4.79 Å². The number of rotatable bonds is 3. The Hall–Kier alpha value is -1.72. The Morgan fingerprint density at radius 2 is 2.15 bits per heavy atom. The van der Waals surface area contributed by atoms with Gasteiger partial charge in [0.2, 0.25) is 0 Å². The highest BCUT2D eigenvalue weighted by Gasteiger charge is 2.19. The molecule has 2 N–H and O–H groups in total. The lowest BCUT2D eigenvalue weighted by molar-refractivity contribution is 0.0779. The van der Waals surface area contributed by atoms with Gasteiger partial charge in [0.1, 0.15) is 0 Å². The van der Waals surface area contributed by atoms with Gasteiger partial charge in [-0.15, -0.1) is 0 Å². The molecule has 0 unspecified atom stereocenters. The second kappa shape index (κ2) is 5.73. The minimum Gasteiger partial charge on any atom is -0.396 e. The van der Waals surface area contributed by atoms with Crippen LogP contribution in [0.25, 0.3) is 0 Å². The molecule has 1 heterocycles. The molecular weight excluding hydrogens is 299 g/mol. The Balaban J connectivity index is 2.20. The van der Waals surface area contributed by atoms with Crippen LogP contribution in [0.2, 0.25) is 10.0 Å². The van der Waals surface area contributed by atoms with E-state index in [-0.39, 0.29) is 11.6 Å². The SMILES string of the molecule is CN(Cc1cccc(Cl)c1Cl)C(=O)c1nn(C)cc1N. The summed E-state index contributed by atoms with van der Waals surface area (Å²) < 4.78 is 1.50. The highest BCUT2D eigenvalue weighted by atomic mass is 35.5. The zero-order chi connectivity index (χ0) is 14.9. The number of nitrogens with two attached hydrogens (primary N) is 1. The predicted molar refractivity (Wildman–Crippen MR) is 79.9 cm³/mol. The zero-order valence-corrected chi connectivity index (χ0v) is 12.6. The number of hydrogen-bond donors (Lipinski definition) is 1. The maximum absolute atomic E-state index is 12.3. The molecule has 1 aromatic carbocycles. The number of anilines is 1. The summed E-state index contributed by atoms with van der Waals surface area (Å²) in [4.78, 5) is 13.8. The van der Waals surface area contributed by atoms with Crippen LogP contribution in [-0.2, 0) is 13.6 Å². The quantitative estimate of drug-likeness (QED) is 0.947. The number of amides is 1. The molecule has 1 aromatic heterocycles. The zero-order valence-electron chi connectivity index (χ0n) is 11.1. The molecule has 0 saturated heterocycles. The summed E-state index contributed by atoms with van der Waals surface area (Å²) in [6.45, 7) is 0.328. The van der Waals surface area contributed by atoms with Crippen LogP contribution in [0.4, 0.5) is 5.69 Å². The van der Waals surface area contributed by atoms with Gasteiger partial charge in [0.05, 0.1) is 15.7 Å². The lowest BCUT2D eigenvalue weighted by atomic mass is 10.2. The van der Waals surface area contributed by atoms with E-state index in [1.165, 1.54) is 9.58 Å². The number of carbonyl (C=O) groups excluding carboxylic acids is 1. The van der Waals surface area contributed by atoms with Crippen LogP contribution in [0.5, 0.6) is 0 Å². The predicted octanol–water partition coefficient (Wildman–Crippen LogP) is 2.58. The first-order valence-electron chi connectivity index (χ1n) is 5.87. The van der Waals surface area contributed by atoms with Crippen molar-refractivity contribution in [2.45, 2.75) is 6.54 Å². The van der Waals surface area contributed by atoms with Crippen molar-refractivity contribution in [1.29, 1.82) is 0 Å². The van der Waals surface area contributed by atoms with Crippen molar-refractivity contribution >= 4 is 34.8 Å². The molecule has 0 aliphatic heterocycles. The fourth-order valence-electron chi connectivity index (χ4n) is 1.85. The maximum atomic E-state index is 12.3. The van der Waals surface area contributed by atoms with Crippen molar-refractivity contribution in [1.82, 2.24) is 14.7 Å². The molecular formula is C13H14Cl2N4O. The lowest BCUT2D eigenvalue weighted by Crippen LogP contribution is -2.27. The van der Waals surface area contributed by atoms with E-state index in [0.717, 1.165) is 5.56 Å². The number of halogens is 2. The molecule has 0 fully saturated rings. The second-order valence-corrected chi connectivity index (χ2v) is 5.27. The van der Waals surface area contributed by atoms with Gasteiger partial charge < -0.3 is 10.6 Å². The van der Waals surface area contributed by atoms with Gasteiger partial charge >= 0.3 is 0 Å². The summed E-state index contributed by atoms with van der Waals surface area (Å²) in [6, 6.07) is 5.31. The summed E-state index contributed by atoms with van der Waals surface area (Å²) in [7, 11) is 3.37. The Morgan fingerprint density at radius 3 is 2.75 bits per heavy atom. The van der Waals surface area contributed by atoms with Crippen molar-refractivity contribution in [2.75, 3.05) is 12.8 Å². The average molecular weight is 313 g/mol. The second-order valence-electron chi connectivity index (χ2n) is 4.48. The summed E-state index contributed by atoms with van der Waals surface area (Å²) in [5.41, 5.74) is 7.10. The van der Waals surface area contributed by atoms with E-state index in [4.69, 9.17) is 28.9 Å². The summed E-state index contributed by atoms with van der Waals surface area (Å²) in [5.74, 6) is -0.265. The van der Waals surface area contributed by atoms with Gasteiger partial charge in [-0.05, 0) is 11.6 Å². The Labute approximate surface area is 126 Å². The van der Waals surface area contributed by atoms with Gasteiger partial charge in [0.25, 0.3) is 5.91 Å². The van der Waals surface area contributed by atoms with Crippen LogP contribution < -0.4 is 5.73 Å². The Morgan fingerprint density at radius 1 is 1.45 bits per heavy atom. The fraction of sp³-hybridized carbons (Fsp3) is 0.231. The largest absolute Gasteiger partial charge is 0.396 e. The van der Waals surface area contributed by atoms with Crippen molar-refractivity contribution in [3.05, 3.63) is 45.7 Å². The minimum atomic E-state index is -0.265. The summed E-state index contributed by atoms with van der Waals surface area (Å²) in [6.07, 6.45) is 1.59. The molecule has 106 valence electrons. The fourth-order valence-corrected chi connectivity index (χ4v) is 2.23. The van der Waals surface area contributed by atoms with E-state index in [2.05, 4.69) is 5.10 Å². The van der Waals surface area contributed by atoms with Crippen molar-refractivity contribution in [2.24, 2.45) is 7.05 Å². The van der Waals surface area contributed by atoms with Gasteiger partial charge in [-0.1, -0.05) is 35.3 Å². The number of benzene rings is 1. The molecule has 2 aromatic rings. The summed E-state index contributed by atoms with van der Waals surface area (Å²) >= 11 is 12.1. The molecule has 0 atom stereocenters. The first-order chi connectivity index (χ1) is 9.40. The van der Waals surface area contributed by atoms with Crippen LogP contribution in [0.1, 0.15) is 16.1 Å². The molecule has 1 amide bonds. The molecule has 0 bridgehead atoms. The maximum Gasteiger partial charge on any atom is 0.276 e. The van der Waals surface area contributed by atoms with Gasteiger partial charge in [0.15, 0.2) is 5.69 Å². The third-order valence-corrected chi connectivity index (χ3v) is 3.70. The number of aromatic nitrogens is 2. The molecule has 0 spiro atoms. The van der Waals surface area contributed by atoms with Crippen molar-refractivity contribution in [3.8, 4) is 0 Å².